The summed E-state index contributed by atoms with van der Waals surface area (Å²) in [6.07, 6.45) is -1.24. The molecular formula is C23H21F3N4O4. The van der Waals surface area contributed by atoms with E-state index in [1.165, 1.54) is 25.4 Å². The second-order valence-electron chi connectivity index (χ2n) is 7.24. The molecule has 0 amide bonds. The maximum Gasteiger partial charge on any atom is 0.422 e. The van der Waals surface area contributed by atoms with Gasteiger partial charge in [-0.1, -0.05) is 18.2 Å². The number of benzene rings is 1. The Bertz CT molecular complexity index is 1160. The Morgan fingerprint density at radius 3 is 2.56 bits per heavy atom. The van der Waals surface area contributed by atoms with Crippen LogP contribution >= 0.6 is 0 Å². The number of halogens is 3. The first-order valence-corrected chi connectivity index (χ1v) is 10.1. The molecule has 1 aromatic carbocycles. The quantitative estimate of drug-likeness (QED) is 0.282. The summed E-state index contributed by atoms with van der Waals surface area (Å²) in [7, 11) is 0. The first-order valence-electron chi connectivity index (χ1n) is 10.1. The zero-order valence-electron chi connectivity index (χ0n) is 18.3. The minimum atomic E-state index is -4.49. The van der Waals surface area contributed by atoms with E-state index in [0.29, 0.717) is 23.3 Å². The van der Waals surface area contributed by atoms with Crippen LogP contribution in [0.2, 0.25) is 0 Å². The van der Waals surface area contributed by atoms with Crippen LogP contribution in [0.4, 0.5) is 13.2 Å². The minimum Gasteiger partial charge on any atom is -0.467 e. The van der Waals surface area contributed by atoms with E-state index in [0.717, 1.165) is 0 Å². The lowest BCUT2D eigenvalue weighted by molar-refractivity contribution is -0.154. The molecule has 1 unspecified atom stereocenters. The number of esters is 1. The molecule has 8 nitrogen and oxygen atoms in total. The number of pyridine rings is 1. The van der Waals surface area contributed by atoms with Crippen molar-refractivity contribution in [2.24, 2.45) is 0 Å². The number of hydrogen-bond acceptors (Lipinski definition) is 8. The molecule has 1 N–H and O–H groups in total. The van der Waals surface area contributed by atoms with Crippen molar-refractivity contribution in [1.82, 2.24) is 20.3 Å². The molecule has 0 saturated heterocycles. The van der Waals surface area contributed by atoms with Crippen molar-refractivity contribution in [2.75, 3.05) is 6.61 Å². The molecule has 0 bridgehead atoms. The largest absolute Gasteiger partial charge is 0.467 e. The molecule has 0 saturated carbocycles. The van der Waals surface area contributed by atoms with Crippen LogP contribution in [0.25, 0.3) is 0 Å². The van der Waals surface area contributed by atoms with Gasteiger partial charge < -0.3 is 14.8 Å². The molecule has 178 valence electrons. The van der Waals surface area contributed by atoms with E-state index < -0.39 is 24.8 Å². The molecule has 0 aliphatic carbocycles. The Hall–Kier alpha value is -3.86. The summed E-state index contributed by atoms with van der Waals surface area (Å²) in [6.45, 7) is 1.83. The number of aromatic nitrogens is 3. The van der Waals surface area contributed by atoms with Gasteiger partial charge in [0.15, 0.2) is 18.6 Å². The molecule has 2 aromatic heterocycles. The number of para-hydroxylation sites is 1. The number of nitrogens with zero attached hydrogens (tertiary/aromatic N) is 3. The molecule has 0 aliphatic rings. The third-order valence-corrected chi connectivity index (χ3v) is 4.69. The van der Waals surface area contributed by atoms with Gasteiger partial charge in [-0.15, -0.1) is 0 Å². The molecule has 11 heteroatoms. The second-order valence-corrected chi connectivity index (χ2v) is 7.24. The van der Waals surface area contributed by atoms with Gasteiger partial charge in [0.2, 0.25) is 5.88 Å². The summed E-state index contributed by atoms with van der Waals surface area (Å²) in [4.78, 5) is 36.5. The van der Waals surface area contributed by atoms with Crippen molar-refractivity contribution in [3.8, 4) is 11.6 Å². The number of carbonyl (C=O) groups excluding carboxylic acids is 2. The Kier molecular flexibility index (Phi) is 7.90. The fourth-order valence-electron chi connectivity index (χ4n) is 2.97. The van der Waals surface area contributed by atoms with E-state index in [1.807, 2.05) is 0 Å². The SMILES string of the molecule is Cc1nc(C(C)NCc2c(C=O)ccnc2C(=O)Oc2ccccc2)cnc1OCC(F)(F)F. The predicted octanol–water partition coefficient (Wildman–Crippen LogP) is 4.00. The summed E-state index contributed by atoms with van der Waals surface area (Å²) < 4.78 is 47.1. The number of aryl methyl sites for hydroxylation is 1. The fraction of sp³-hybridized carbons (Fsp3) is 0.261. The maximum atomic E-state index is 12.7. The van der Waals surface area contributed by atoms with Gasteiger partial charge in [-0.25, -0.2) is 19.7 Å². The second kappa shape index (κ2) is 10.8. The van der Waals surface area contributed by atoms with Gasteiger partial charge >= 0.3 is 12.1 Å². The average Bonchev–Trinajstić information content (AvgIpc) is 2.81. The van der Waals surface area contributed by atoms with Crippen molar-refractivity contribution >= 4 is 12.3 Å². The van der Waals surface area contributed by atoms with Crippen LogP contribution in [-0.4, -0.2) is 40.0 Å². The van der Waals surface area contributed by atoms with E-state index >= 15 is 0 Å². The lowest BCUT2D eigenvalue weighted by Crippen LogP contribution is -2.24. The lowest BCUT2D eigenvalue weighted by atomic mass is 10.1. The normalized spacial score (nSPS) is 12.1. The smallest absolute Gasteiger partial charge is 0.422 e. The summed E-state index contributed by atoms with van der Waals surface area (Å²) in [5.74, 6) is -0.604. The van der Waals surface area contributed by atoms with Crippen molar-refractivity contribution in [1.29, 1.82) is 0 Å². The first kappa shape index (κ1) is 24.8. The van der Waals surface area contributed by atoms with Crippen molar-refractivity contribution in [2.45, 2.75) is 32.6 Å². The molecule has 1 atom stereocenters. The monoisotopic (exact) mass is 474 g/mol. The first-order chi connectivity index (χ1) is 16.2. The maximum absolute atomic E-state index is 12.7. The van der Waals surface area contributed by atoms with E-state index in [1.54, 1.807) is 37.3 Å². The van der Waals surface area contributed by atoms with Crippen LogP contribution in [0.5, 0.6) is 11.6 Å². The number of ether oxygens (including phenoxy) is 2. The van der Waals surface area contributed by atoms with Crippen LogP contribution in [0.15, 0.2) is 48.8 Å². The minimum absolute atomic E-state index is 0.0219. The van der Waals surface area contributed by atoms with Gasteiger partial charge in [0.1, 0.15) is 5.75 Å². The Balaban J connectivity index is 1.73. The van der Waals surface area contributed by atoms with Crippen LogP contribution in [-0.2, 0) is 6.54 Å². The topological polar surface area (TPSA) is 103 Å². The highest BCUT2D eigenvalue weighted by atomic mass is 19.4. The highest BCUT2D eigenvalue weighted by Gasteiger charge is 2.29. The zero-order chi connectivity index (χ0) is 24.7. The van der Waals surface area contributed by atoms with Gasteiger partial charge in [0.05, 0.1) is 17.6 Å². The molecule has 2 heterocycles. The van der Waals surface area contributed by atoms with Crippen molar-refractivity contribution in [3.05, 3.63) is 77.0 Å². The Morgan fingerprint density at radius 1 is 1.18 bits per heavy atom. The Labute approximate surface area is 193 Å². The summed E-state index contributed by atoms with van der Waals surface area (Å²) in [5.41, 5.74) is 1.19. The van der Waals surface area contributed by atoms with Crippen LogP contribution in [0.3, 0.4) is 0 Å². The third kappa shape index (κ3) is 6.58. The third-order valence-electron chi connectivity index (χ3n) is 4.69. The number of nitrogens with one attached hydrogen (secondary N) is 1. The van der Waals surface area contributed by atoms with Gasteiger partial charge in [0, 0.05) is 29.9 Å². The van der Waals surface area contributed by atoms with Crippen LogP contribution in [0, 0.1) is 6.92 Å². The van der Waals surface area contributed by atoms with E-state index in [9.17, 15) is 22.8 Å². The number of hydrogen-bond donors (Lipinski definition) is 1. The highest BCUT2D eigenvalue weighted by Crippen LogP contribution is 2.21. The number of rotatable bonds is 9. The van der Waals surface area contributed by atoms with Gasteiger partial charge in [-0.3, -0.25) is 4.79 Å². The lowest BCUT2D eigenvalue weighted by Gasteiger charge is -2.17. The molecule has 34 heavy (non-hydrogen) atoms. The molecule has 3 aromatic rings. The molecule has 0 spiro atoms. The van der Waals surface area contributed by atoms with Crippen molar-refractivity contribution < 1.29 is 32.2 Å². The molecule has 0 fully saturated rings. The highest BCUT2D eigenvalue weighted by molar-refractivity contribution is 5.93. The zero-order valence-corrected chi connectivity index (χ0v) is 18.3. The molecule has 0 radical (unpaired) electrons. The summed E-state index contributed by atoms with van der Waals surface area (Å²) in [6, 6.07) is 9.48. The fourth-order valence-corrected chi connectivity index (χ4v) is 2.97. The summed E-state index contributed by atoms with van der Waals surface area (Å²) >= 11 is 0. The number of aldehydes is 1. The van der Waals surface area contributed by atoms with Gasteiger partial charge in [-0.05, 0) is 32.0 Å². The average molecular weight is 474 g/mol. The van der Waals surface area contributed by atoms with Gasteiger partial charge in [0.25, 0.3) is 0 Å². The predicted molar refractivity (Wildman–Crippen MR) is 115 cm³/mol. The molecular weight excluding hydrogens is 453 g/mol. The van der Waals surface area contributed by atoms with E-state index in [4.69, 9.17) is 4.74 Å². The van der Waals surface area contributed by atoms with E-state index in [-0.39, 0.29) is 29.4 Å². The number of alkyl halides is 3. The standard InChI is InChI=1S/C23H21F3N4O4/c1-14(19-11-29-21(15(2)30-19)33-13-23(24,25)26)28-10-18-16(12-31)8-9-27-20(18)22(32)34-17-6-4-3-5-7-17/h3-9,11-12,14,28H,10,13H2,1-2H3. The van der Waals surface area contributed by atoms with Crippen molar-refractivity contribution in [3.63, 3.8) is 0 Å². The molecule has 0 aliphatic heterocycles. The van der Waals surface area contributed by atoms with Gasteiger partial charge in [-0.2, -0.15) is 13.2 Å². The van der Waals surface area contributed by atoms with Crippen LogP contribution in [0.1, 0.15) is 50.8 Å². The van der Waals surface area contributed by atoms with Crippen LogP contribution < -0.4 is 14.8 Å². The Morgan fingerprint density at radius 2 is 1.91 bits per heavy atom. The number of carbonyl (C=O) groups is 2. The summed E-state index contributed by atoms with van der Waals surface area (Å²) in [5, 5.41) is 3.12. The van der Waals surface area contributed by atoms with E-state index in [2.05, 4.69) is 25.0 Å². The molecule has 3 rings (SSSR count).